The molecule has 1 unspecified atom stereocenters. The first-order valence-electron chi connectivity index (χ1n) is 6.36. The van der Waals surface area contributed by atoms with Gasteiger partial charge in [0.1, 0.15) is 0 Å². The Labute approximate surface area is 52.2 Å². The van der Waals surface area contributed by atoms with Crippen molar-refractivity contribution in [3.8, 4) is 0 Å². The molecule has 0 aromatic heterocycles. The van der Waals surface area contributed by atoms with E-state index in [-0.39, 0.29) is 0 Å². The average molecular weight is 93.2 g/mol. The third-order valence-corrected chi connectivity index (χ3v) is 0.525. The number of hydrogen-bond acceptors (Lipinski definition) is 0. The van der Waals surface area contributed by atoms with Crippen molar-refractivity contribution in [1.82, 2.24) is 0 Å². The Bertz CT molecular complexity index is 268. The Kier molecular flexibility index (Phi) is 0.247. The SMILES string of the molecule is [2H]C1C([2H])([2H])CC([2H])([2H])C([2H])([2H])C1([2H])[2H]. The Morgan fingerprint density at radius 2 is 2.00 bits per heavy atom. The molecule has 0 amide bonds. The molecule has 0 nitrogen and oxygen atoms in total. The highest BCUT2D eigenvalue weighted by Gasteiger charge is 1.95. The third-order valence-electron chi connectivity index (χ3n) is 0.525. The minimum atomic E-state index is -2.86. The Morgan fingerprint density at radius 3 is 3.00 bits per heavy atom. The van der Waals surface area contributed by atoms with Gasteiger partial charge in [-0.1, -0.05) is 38.3 Å². The monoisotopic (exact) mass is 93.2 g/mol. The largest absolute Gasteiger partial charge is 0.0533 e. The molecule has 1 aliphatic carbocycles. The van der Waals surface area contributed by atoms with Gasteiger partial charge < -0.3 is 0 Å². The van der Waals surface area contributed by atoms with E-state index in [1.165, 1.54) is 0 Å². The van der Waals surface area contributed by atoms with E-state index < -0.39 is 38.3 Å². The Morgan fingerprint density at radius 1 is 1.00 bits per heavy atom. The van der Waals surface area contributed by atoms with Gasteiger partial charge >= 0.3 is 0 Å². The van der Waals surface area contributed by atoms with Crippen LogP contribution >= 0.6 is 0 Å². The molecule has 0 aliphatic heterocycles. The van der Waals surface area contributed by atoms with E-state index in [9.17, 15) is 0 Å². The zero-order valence-electron chi connectivity index (χ0n) is 12.3. The van der Waals surface area contributed by atoms with E-state index >= 15 is 0 Å². The van der Waals surface area contributed by atoms with Crippen LogP contribution in [0.15, 0.2) is 0 Å². The van der Waals surface area contributed by atoms with Crippen LogP contribution in [0.5, 0.6) is 0 Å². The lowest BCUT2D eigenvalue weighted by Crippen LogP contribution is -1.85. The van der Waals surface area contributed by atoms with Crippen molar-refractivity contribution in [3.63, 3.8) is 0 Å². The van der Waals surface area contributed by atoms with Gasteiger partial charge in [0.15, 0.2) is 0 Å². The molecule has 6 heavy (non-hydrogen) atoms. The zero-order chi connectivity index (χ0) is 12.3. The van der Waals surface area contributed by atoms with Crippen LogP contribution in [0.1, 0.15) is 50.6 Å². The molecule has 1 atom stereocenters. The highest BCUT2D eigenvalue weighted by Crippen LogP contribution is 2.15. The summed E-state index contributed by atoms with van der Waals surface area (Å²) in [6.07, 6.45) is -13.4. The minimum absolute atomic E-state index is 0.805. The van der Waals surface area contributed by atoms with E-state index in [1.807, 2.05) is 0 Å². The fraction of sp³-hybridized carbons (Fsp3) is 1.00. The molecule has 0 heteroatoms. The number of hydrogen-bond donors (Lipinski definition) is 0. The first-order valence-corrected chi connectivity index (χ1v) is 1.78. The van der Waals surface area contributed by atoms with Crippen molar-refractivity contribution >= 4 is 0 Å². The van der Waals surface area contributed by atoms with Crippen molar-refractivity contribution in [1.29, 1.82) is 0 Å². The lowest BCUT2D eigenvalue weighted by Gasteiger charge is -2.05. The molecule has 0 saturated heterocycles. The standard InChI is InChI=1S/C6H12/c1-2-4-6-5-3-1/h1-6H2/i1D,2D2,3D2,4D2,6D2. The van der Waals surface area contributed by atoms with Crippen molar-refractivity contribution in [2.75, 3.05) is 0 Å². The van der Waals surface area contributed by atoms with Gasteiger partial charge in [0.05, 0.1) is 0 Å². The highest BCUT2D eigenvalue weighted by atomic mass is 14.0. The van der Waals surface area contributed by atoms with Crippen LogP contribution in [0.2, 0.25) is 0 Å². The molecule has 0 radical (unpaired) electrons. The van der Waals surface area contributed by atoms with Gasteiger partial charge in [-0.2, -0.15) is 0 Å². The summed E-state index contributed by atoms with van der Waals surface area (Å²) < 4.78 is 66.3. The van der Waals surface area contributed by atoms with E-state index in [0.29, 0.717) is 0 Å². The second-order valence-electron chi connectivity index (χ2n) is 0.971. The molecule has 1 saturated carbocycles. The highest BCUT2D eigenvalue weighted by molar-refractivity contribution is 4.51. The van der Waals surface area contributed by atoms with Gasteiger partial charge in [0, 0.05) is 12.3 Å². The van der Waals surface area contributed by atoms with Gasteiger partial charge in [-0.25, -0.2) is 0 Å². The van der Waals surface area contributed by atoms with Crippen LogP contribution in [0.3, 0.4) is 0 Å². The van der Waals surface area contributed by atoms with Crippen LogP contribution in [-0.4, -0.2) is 0 Å². The van der Waals surface area contributed by atoms with E-state index in [2.05, 4.69) is 0 Å². The molecule has 0 spiro atoms. The first kappa shape index (κ1) is 0.667. The quantitative estimate of drug-likeness (QED) is 0.431. The van der Waals surface area contributed by atoms with Gasteiger partial charge in [0.2, 0.25) is 0 Å². The van der Waals surface area contributed by atoms with Crippen molar-refractivity contribution in [2.24, 2.45) is 0 Å². The van der Waals surface area contributed by atoms with Crippen LogP contribution in [0.4, 0.5) is 0 Å². The fourth-order valence-electron chi connectivity index (χ4n) is 0.284. The second-order valence-corrected chi connectivity index (χ2v) is 0.971. The maximum atomic E-state index is 7.37. The third kappa shape index (κ3) is 1.00. The summed E-state index contributed by atoms with van der Waals surface area (Å²) in [5.74, 6) is 0. The van der Waals surface area contributed by atoms with Gasteiger partial charge in [-0.3, -0.25) is 0 Å². The molecule has 1 aliphatic rings. The lowest BCUT2D eigenvalue weighted by molar-refractivity contribution is 0.504. The van der Waals surface area contributed by atoms with Gasteiger partial charge in [-0.15, -0.1) is 0 Å². The molecule has 36 valence electrons. The van der Waals surface area contributed by atoms with Crippen molar-refractivity contribution in [3.05, 3.63) is 0 Å². The summed E-state index contributed by atoms with van der Waals surface area (Å²) in [7, 11) is 0. The Hall–Kier alpha value is 0. The smallest absolute Gasteiger partial charge is 0.0267 e. The molecule has 0 aromatic carbocycles. The van der Waals surface area contributed by atoms with E-state index in [1.54, 1.807) is 0 Å². The summed E-state index contributed by atoms with van der Waals surface area (Å²) >= 11 is 0. The summed E-state index contributed by atoms with van der Waals surface area (Å²) in [5, 5.41) is 0. The summed E-state index contributed by atoms with van der Waals surface area (Å²) in [5.41, 5.74) is 0. The molecule has 0 heterocycles. The van der Waals surface area contributed by atoms with E-state index in [0.717, 1.165) is 0 Å². The average Bonchev–Trinajstić information content (AvgIpc) is 1.98. The Balaban J connectivity index is 3.27. The maximum Gasteiger partial charge on any atom is 0.0267 e. The molecule has 0 aromatic rings. The van der Waals surface area contributed by atoms with Crippen molar-refractivity contribution in [2.45, 2.75) is 38.3 Å². The van der Waals surface area contributed by atoms with Crippen LogP contribution < -0.4 is 0 Å². The topological polar surface area (TPSA) is 0 Å². The zero-order valence-corrected chi connectivity index (χ0v) is 3.28. The van der Waals surface area contributed by atoms with Gasteiger partial charge in [0.25, 0.3) is 0 Å². The molecule has 1 fully saturated rings. The molecular formula is C6H12. The van der Waals surface area contributed by atoms with Crippen LogP contribution in [0.25, 0.3) is 0 Å². The molecule has 0 N–H and O–H groups in total. The fourth-order valence-corrected chi connectivity index (χ4v) is 0.284. The summed E-state index contributed by atoms with van der Waals surface area (Å²) in [6.45, 7) is 0. The number of rotatable bonds is 0. The second kappa shape index (κ2) is 2.22. The van der Waals surface area contributed by atoms with Crippen LogP contribution in [0, 0.1) is 0 Å². The summed E-state index contributed by atoms with van der Waals surface area (Å²) in [4.78, 5) is 0. The van der Waals surface area contributed by atoms with E-state index in [4.69, 9.17) is 12.3 Å². The lowest BCUT2D eigenvalue weighted by atomic mass is 10.0. The summed E-state index contributed by atoms with van der Waals surface area (Å²) in [6, 6.07) is 0. The normalized spacial score (nSPS) is 92.0. The molecular weight excluding hydrogens is 72.1 g/mol. The molecule has 1 rings (SSSR count). The van der Waals surface area contributed by atoms with Crippen LogP contribution in [-0.2, 0) is 0 Å². The predicted octanol–water partition coefficient (Wildman–Crippen LogP) is 2.34. The molecule has 0 bridgehead atoms. The van der Waals surface area contributed by atoms with Crippen molar-refractivity contribution < 1.29 is 12.3 Å². The maximum absolute atomic E-state index is 7.37. The predicted molar refractivity (Wildman–Crippen MR) is 27.7 cm³/mol. The van der Waals surface area contributed by atoms with Gasteiger partial charge in [-0.05, 0) is 0 Å². The first-order chi connectivity index (χ1) is 6.36. The minimum Gasteiger partial charge on any atom is -0.0533 e.